The third-order valence-corrected chi connectivity index (χ3v) is 11.2. The van der Waals surface area contributed by atoms with E-state index in [1.165, 1.54) is 49.9 Å². The van der Waals surface area contributed by atoms with Crippen LogP contribution in [0, 0.1) is 47.2 Å². The molecule has 2 aromatic carbocycles. The molecule has 2 aliphatic heterocycles. The molecule has 0 bridgehead atoms. The second-order valence-electron chi connectivity index (χ2n) is 14.3. The van der Waals surface area contributed by atoms with Gasteiger partial charge in [0.1, 0.15) is 11.6 Å². The van der Waals surface area contributed by atoms with E-state index < -0.39 is 0 Å². The number of likely N-dealkylation sites (N-methyl/N-ethyl adjacent to an activating group) is 2. The first kappa shape index (κ1) is 35.1. The molecule has 2 aliphatic carbocycles. The molecule has 8 heteroatoms. The first-order chi connectivity index (χ1) is 25.3. The van der Waals surface area contributed by atoms with Gasteiger partial charge in [-0.05, 0) is 98.2 Å². The van der Waals surface area contributed by atoms with Crippen LogP contribution in [0.1, 0.15) is 96.8 Å². The van der Waals surface area contributed by atoms with Crippen molar-refractivity contribution in [2.75, 3.05) is 14.1 Å². The lowest BCUT2D eigenvalue weighted by Crippen LogP contribution is -2.33. The lowest BCUT2D eigenvalue weighted by Gasteiger charge is -2.29. The number of amides is 2. The van der Waals surface area contributed by atoms with Gasteiger partial charge in [0.05, 0.1) is 23.2 Å². The van der Waals surface area contributed by atoms with Gasteiger partial charge in [-0.1, -0.05) is 61.5 Å². The third kappa shape index (κ3) is 7.48. The number of nitrogens with zero attached hydrogens (tertiary/aromatic N) is 4. The smallest absolute Gasteiger partial charge is 0.232 e. The first-order valence-corrected chi connectivity index (χ1v) is 18.3. The predicted molar refractivity (Wildman–Crippen MR) is 196 cm³/mol. The molecule has 2 aromatic heterocycles. The molecule has 6 atom stereocenters. The van der Waals surface area contributed by atoms with Gasteiger partial charge >= 0.3 is 0 Å². The zero-order valence-electron chi connectivity index (χ0n) is 29.6. The van der Waals surface area contributed by atoms with Crippen molar-refractivity contribution in [1.29, 1.82) is 0 Å². The SMILES string of the molecule is CN1C(=O)[C@@H](c2ccc(C#Cc3cccc(F)c3)cn2)[C@@H]2CCCC[C@@H]21.CN1C(=O)[C@H](c2ccc(C#Cc3cccc(F)c3)cn2)[C@@H]2CCCC[C@@H]21. The molecule has 2 saturated heterocycles. The van der Waals surface area contributed by atoms with Gasteiger partial charge in [0.15, 0.2) is 0 Å². The normalized spacial score (nSPS) is 24.8. The van der Waals surface area contributed by atoms with E-state index in [4.69, 9.17) is 0 Å². The van der Waals surface area contributed by atoms with E-state index in [2.05, 4.69) is 33.6 Å². The second-order valence-corrected chi connectivity index (χ2v) is 14.3. The fraction of sp³-hybridized carbons (Fsp3) is 0.364. The summed E-state index contributed by atoms with van der Waals surface area (Å²) in [5.74, 6) is 12.2. The van der Waals surface area contributed by atoms with Crippen molar-refractivity contribution in [2.24, 2.45) is 11.8 Å². The van der Waals surface area contributed by atoms with Gasteiger partial charge in [-0.25, -0.2) is 8.78 Å². The Balaban J connectivity index is 0.000000162. The Morgan fingerprint density at radius 3 is 1.35 bits per heavy atom. The molecule has 6 nitrogen and oxygen atoms in total. The van der Waals surface area contributed by atoms with E-state index in [1.54, 1.807) is 36.7 Å². The molecule has 2 saturated carbocycles. The second kappa shape index (κ2) is 15.5. The van der Waals surface area contributed by atoms with E-state index in [0.717, 1.165) is 48.2 Å². The van der Waals surface area contributed by atoms with Gasteiger partial charge < -0.3 is 9.80 Å². The summed E-state index contributed by atoms with van der Waals surface area (Å²) in [4.78, 5) is 38.4. The number of aromatic nitrogens is 2. The number of rotatable bonds is 2. The topological polar surface area (TPSA) is 66.4 Å². The molecule has 4 aliphatic rings. The maximum absolute atomic E-state index is 13.2. The minimum Gasteiger partial charge on any atom is -0.342 e. The maximum Gasteiger partial charge on any atom is 0.232 e. The lowest BCUT2D eigenvalue weighted by atomic mass is 9.78. The number of halogens is 2. The highest BCUT2D eigenvalue weighted by atomic mass is 19.1. The van der Waals surface area contributed by atoms with Crippen molar-refractivity contribution in [3.63, 3.8) is 0 Å². The average Bonchev–Trinajstić information content (AvgIpc) is 3.58. The van der Waals surface area contributed by atoms with Gasteiger partial charge in [0.25, 0.3) is 0 Å². The van der Waals surface area contributed by atoms with Crippen LogP contribution in [0.5, 0.6) is 0 Å². The zero-order chi connectivity index (χ0) is 36.2. The molecule has 4 aromatic rings. The van der Waals surface area contributed by atoms with Gasteiger partial charge in [-0.3, -0.25) is 19.6 Å². The fourth-order valence-corrected chi connectivity index (χ4v) is 8.59. The Hall–Kier alpha value is -5.34. The van der Waals surface area contributed by atoms with E-state index in [9.17, 15) is 18.4 Å². The van der Waals surface area contributed by atoms with E-state index in [1.807, 2.05) is 48.2 Å². The number of hydrogen-bond donors (Lipinski definition) is 0. The molecule has 4 fully saturated rings. The zero-order valence-corrected chi connectivity index (χ0v) is 29.6. The molecular formula is C44H42F2N4O2. The molecule has 0 unspecified atom stereocenters. The summed E-state index contributed by atoms with van der Waals surface area (Å²) in [6.07, 6.45) is 12.6. The van der Waals surface area contributed by atoms with Crippen LogP contribution in [0.2, 0.25) is 0 Å². The van der Waals surface area contributed by atoms with Crippen LogP contribution in [-0.2, 0) is 9.59 Å². The van der Waals surface area contributed by atoms with E-state index in [0.29, 0.717) is 35.0 Å². The summed E-state index contributed by atoms with van der Waals surface area (Å²) in [7, 11) is 3.84. The lowest BCUT2D eigenvalue weighted by molar-refractivity contribution is -0.129. The first-order valence-electron chi connectivity index (χ1n) is 18.3. The monoisotopic (exact) mass is 696 g/mol. The van der Waals surface area contributed by atoms with Crippen molar-refractivity contribution in [3.05, 3.63) is 130 Å². The van der Waals surface area contributed by atoms with Crippen LogP contribution in [0.4, 0.5) is 8.78 Å². The highest BCUT2D eigenvalue weighted by Gasteiger charge is 2.49. The van der Waals surface area contributed by atoms with Crippen molar-refractivity contribution in [3.8, 4) is 23.7 Å². The minimum atomic E-state index is -0.295. The average molecular weight is 697 g/mol. The summed E-state index contributed by atoms with van der Waals surface area (Å²) in [6, 6.07) is 20.8. The summed E-state index contributed by atoms with van der Waals surface area (Å²) in [5, 5.41) is 0. The summed E-state index contributed by atoms with van der Waals surface area (Å²) in [5.41, 5.74) is 4.47. The number of carbonyl (C=O) groups excluding carboxylic acids is 2. The Morgan fingerprint density at radius 2 is 0.962 bits per heavy atom. The summed E-state index contributed by atoms with van der Waals surface area (Å²) < 4.78 is 26.4. The van der Waals surface area contributed by atoms with E-state index in [-0.39, 0.29) is 35.3 Å². The Morgan fingerprint density at radius 1 is 0.558 bits per heavy atom. The fourth-order valence-electron chi connectivity index (χ4n) is 8.59. The quantitative estimate of drug-likeness (QED) is 0.204. The molecule has 0 N–H and O–H groups in total. The highest BCUT2D eigenvalue weighted by Crippen LogP contribution is 2.45. The van der Waals surface area contributed by atoms with Gasteiger partial charge in [-0.2, -0.15) is 0 Å². The van der Waals surface area contributed by atoms with Crippen LogP contribution in [-0.4, -0.2) is 57.8 Å². The molecule has 2 amide bonds. The van der Waals surface area contributed by atoms with Gasteiger partial charge in [0, 0.05) is 60.8 Å². The highest BCUT2D eigenvalue weighted by molar-refractivity contribution is 5.87. The van der Waals surface area contributed by atoms with Crippen molar-refractivity contribution in [1.82, 2.24) is 19.8 Å². The molecule has 8 rings (SSSR count). The maximum atomic E-state index is 13.2. The molecular weight excluding hydrogens is 655 g/mol. The standard InChI is InChI=1S/2C22H21FN2O/c2*1-25-20-8-3-2-7-18(20)21(22(25)26)19-12-11-16(14-24-19)10-9-15-5-4-6-17(23)13-15/h2*4-6,11-14,18,20-21H,2-3,7-8H2,1H3/t18-,20+,21+;18-,20+,21-/m11/s1. The Bertz CT molecular complexity index is 1910. The molecule has 264 valence electrons. The molecule has 4 heterocycles. The van der Waals surface area contributed by atoms with Crippen molar-refractivity contribution < 1.29 is 18.4 Å². The van der Waals surface area contributed by atoms with Crippen molar-refractivity contribution in [2.45, 2.75) is 75.3 Å². The molecule has 0 radical (unpaired) electrons. The minimum absolute atomic E-state index is 0.129. The molecule has 0 spiro atoms. The molecule has 52 heavy (non-hydrogen) atoms. The van der Waals surface area contributed by atoms with E-state index >= 15 is 0 Å². The van der Waals surface area contributed by atoms with Crippen molar-refractivity contribution >= 4 is 11.8 Å². The number of hydrogen-bond acceptors (Lipinski definition) is 4. The largest absolute Gasteiger partial charge is 0.342 e. The van der Waals surface area contributed by atoms with Gasteiger partial charge in [0.2, 0.25) is 11.8 Å². The van der Waals surface area contributed by atoms with Crippen LogP contribution < -0.4 is 0 Å². The van der Waals surface area contributed by atoms with Crippen LogP contribution >= 0.6 is 0 Å². The predicted octanol–water partition coefficient (Wildman–Crippen LogP) is 7.47. The Kier molecular flexibility index (Phi) is 10.5. The summed E-state index contributed by atoms with van der Waals surface area (Å²) in [6.45, 7) is 0. The number of benzene rings is 2. The summed E-state index contributed by atoms with van der Waals surface area (Å²) >= 11 is 0. The van der Waals surface area contributed by atoms with Crippen LogP contribution in [0.25, 0.3) is 0 Å². The van der Waals surface area contributed by atoms with Crippen LogP contribution in [0.15, 0.2) is 85.2 Å². The number of fused-ring (bicyclic) bond motifs is 2. The number of carbonyl (C=O) groups is 2. The third-order valence-electron chi connectivity index (χ3n) is 11.2. The Labute approximate surface area is 304 Å². The van der Waals surface area contributed by atoms with Gasteiger partial charge in [-0.15, -0.1) is 0 Å². The van der Waals surface area contributed by atoms with Crippen LogP contribution in [0.3, 0.4) is 0 Å². The number of pyridine rings is 2. The number of likely N-dealkylation sites (tertiary alicyclic amines) is 2.